The smallest absolute Gasteiger partial charge is 0.398 e. The lowest BCUT2D eigenvalue weighted by Crippen LogP contribution is -2.13. The number of anilines is 3. The van der Waals surface area contributed by atoms with Gasteiger partial charge in [0.1, 0.15) is 17.2 Å². The molecular formula is C57H51F9N3O4P. The molecule has 0 unspecified atom stereocenters. The quantitative estimate of drug-likeness (QED) is 0.0483. The first kappa shape index (κ1) is 55.7. The summed E-state index contributed by atoms with van der Waals surface area (Å²) in [5, 5.41) is 0. The Morgan fingerprint density at radius 2 is 0.581 bits per heavy atom. The van der Waals surface area contributed by atoms with Gasteiger partial charge in [-0.15, -0.1) is 0 Å². The number of phosphoric acid groups is 1. The number of hydrogen-bond donors (Lipinski definition) is 3. The van der Waals surface area contributed by atoms with E-state index in [0.29, 0.717) is 88.6 Å². The zero-order chi connectivity index (χ0) is 54.3. The molecule has 6 aromatic carbocycles. The Morgan fingerprint density at radius 3 is 0.784 bits per heavy atom. The van der Waals surface area contributed by atoms with Gasteiger partial charge in [-0.3, -0.25) is 0 Å². The van der Waals surface area contributed by atoms with E-state index in [1.807, 2.05) is 41.5 Å². The van der Waals surface area contributed by atoms with Crippen molar-refractivity contribution in [2.45, 2.75) is 98.6 Å². The highest BCUT2D eigenvalue weighted by Gasteiger charge is 2.37. The molecule has 74 heavy (non-hydrogen) atoms. The van der Waals surface area contributed by atoms with Crippen LogP contribution in [-0.2, 0) is 61.6 Å². The van der Waals surface area contributed by atoms with Gasteiger partial charge in [0.2, 0.25) is 0 Å². The first-order valence-corrected chi connectivity index (χ1v) is 24.9. The standard InChI is InChI=1S/C57H51F9N3O4P/c1-7-43-34(13-16-37-19-25-40(31-49(37)67)55(58,59)60)22-28-52(46(43)10-4)71-74(70,72-53-29-23-35(44(8-2)47(53)11-5)14-17-38-20-26-41(32-50(38)68)56(61,62)63)73-54-30-24-36(45(9-3)48(54)12-6)15-18-39-21-27-42(33-51(39)69)57(64,65)66/h19-33H,7-12,67-69H2,1-6H3. The fourth-order valence-corrected chi connectivity index (χ4v) is 9.72. The van der Waals surface area contributed by atoms with E-state index in [9.17, 15) is 39.5 Å². The second-order valence-corrected chi connectivity index (χ2v) is 18.1. The lowest BCUT2D eigenvalue weighted by atomic mass is 9.96. The SMILES string of the molecule is CCc1c(C#Cc2ccc(C(F)(F)F)cc2N)ccc(OP(=O)(Oc2ccc(C#Cc3ccc(C(F)(F)F)cc3N)c(CC)c2CC)Oc2ccc(C#Cc3ccc(C(F)(F)F)cc3N)c(CC)c2CC)c1CC. The van der Waals surface area contributed by atoms with Crippen molar-refractivity contribution in [2.24, 2.45) is 0 Å². The zero-order valence-corrected chi connectivity index (χ0v) is 42.0. The maximum Gasteiger partial charge on any atom is 0.647 e. The van der Waals surface area contributed by atoms with Crippen LogP contribution < -0.4 is 30.8 Å². The molecule has 0 amide bonds. The number of hydrogen-bond acceptors (Lipinski definition) is 7. The molecule has 0 aromatic heterocycles. The molecule has 0 saturated heterocycles. The largest absolute Gasteiger partial charge is 0.647 e. The van der Waals surface area contributed by atoms with Crippen LogP contribution in [-0.4, -0.2) is 0 Å². The Morgan fingerprint density at radius 1 is 0.365 bits per heavy atom. The molecule has 0 heterocycles. The lowest BCUT2D eigenvalue weighted by Gasteiger charge is -2.25. The van der Waals surface area contributed by atoms with Crippen LogP contribution in [0.3, 0.4) is 0 Å². The van der Waals surface area contributed by atoms with Gasteiger partial charge in [-0.2, -0.15) is 44.1 Å². The Kier molecular flexibility index (Phi) is 17.1. The van der Waals surface area contributed by atoms with Gasteiger partial charge in [0.05, 0.1) is 16.7 Å². The van der Waals surface area contributed by atoms with Crippen LogP contribution in [0.1, 0.15) is 125 Å². The highest BCUT2D eigenvalue weighted by atomic mass is 31.2. The first-order chi connectivity index (χ1) is 34.9. The molecule has 0 aliphatic heterocycles. The van der Waals surface area contributed by atoms with Crippen molar-refractivity contribution < 1.29 is 57.7 Å². The molecule has 6 aromatic rings. The minimum absolute atomic E-state index is 0.128. The van der Waals surface area contributed by atoms with E-state index in [1.165, 1.54) is 18.2 Å². The molecule has 6 rings (SSSR count). The number of nitrogen functional groups attached to an aromatic ring is 3. The van der Waals surface area contributed by atoms with Gasteiger partial charge in [0, 0.05) is 50.4 Å². The van der Waals surface area contributed by atoms with Crippen LogP contribution in [0.5, 0.6) is 17.2 Å². The Balaban J connectivity index is 1.46. The molecule has 0 atom stereocenters. The lowest BCUT2D eigenvalue weighted by molar-refractivity contribution is -0.138. The molecule has 6 N–H and O–H groups in total. The fraction of sp³-hybridized carbons (Fsp3) is 0.263. The molecule has 386 valence electrons. The average molecular weight is 1040 g/mol. The number of alkyl halides is 9. The molecule has 0 saturated carbocycles. The maximum atomic E-state index is 15.7. The van der Waals surface area contributed by atoms with E-state index in [-0.39, 0.29) is 51.0 Å². The number of benzene rings is 6. The summed E-state index contributed by atoms with van der Waals surface area (Å²) < 4.78 is 155. The monoisotopic (exact) mass is 1040 g/mol. The van der Waals surface area contributed by atoms with Gasteiger partial charge in [-0.05, 0) is 163 Å². The summed E-state index contributed by atoms with van der Waals surface area (Å²) in [6.07, 6.45) is -11.6. The van der Waals surface area contributed by atoms with Crippen molar-refractivity contribution in [1.82, 2.24) is 0 Å². The predicted molar refractivity (Wildman–Crippen MR) is 271 cm³/mol. The normalized spacial score (nSPS) is 11.7. The molecule has 0 spiro atoms. The van der Waals surface area contributed by atoms with Crippen LogP contribution >= 0.6 is 7.82 Å². The first-order valence-electron chi connectivity index (χ1n) is 23.5. The van der Waals surface area contributed by atoms with Crippen molar-refractivity contribution in [1.29, 1.82) is 0 Å². The van der Waals surface area contributed by atoms with E-state index in [4.69, 9.17) is 30.8 Å². The highest BCUT2D eigenvalue weighted by Crippen LogP contribution is 2.53. The Labute approximate surface area is 424 Å². The van der Waals surface area contributed by atoms with Crippen LogP contribution in [0, 0.1) is 35.5 Å². The number of rotatable bonds is 12. The van der Waals surface area contributed by atoms with Crippen molar-refractivity contribution in [2.75, 3.05) is 17.2 Å². The van der Waals surface area contributed by atoms with Gasteiger partial charge in [-0.1, -0.05) is 77.1 Å². The molecule has 0 radical (unpaired) electrons. The van der Waals surface area contributed by atoms with Crippen molar-refractivity contribution in [3.8, 4) is 52.8 Å². The summed E-state index contributed by atoms with van der Waals surface area (Å²) in [5.74, 6) is 18.1. The molecule has 0 bridgehead atoms. The van der Waals surface area contributed by atoms with Crippen LogP contribution in [0.15, 0.2) is 91.0 Å². The van der Waals surface area contributed by atoms with Crippen molar-refractivity contribution in [3.05, 3.63) is 174 Å². The third-order valence-electron chi connectivity index (χ3n) is 12.0. The van der Waals surface area contributed by atoms with E-state index >= 15 is 4.57 Å². The summed E-state index contributed by atoms with van der Waals surface area (Å²) in [7, 11) is -4.84. The third kappa shape index (κ3) is 12.8. The van der Waals surface area contributed by atoms with Gasteiger partial charge >= 0.3 is 26.4 Å². The molecule has 0 aliphatic carbocycles. The van der Waals surface area contributed by atoms with Crippen molar-refractivity contribution in [3.63, 3.8) is 0 Å². The van der Waals surface area contributed by atoms with Crippen molar-refractivity contribution >= 4 is 24.9 Å². The fourth-order valence-electron chi connectivity index (χ4n) is 8.38. The van der Waals surface area contributed by atoms with E-state index in [0.717, 1.165) is 36.4 Å². The molecule has 7 nitrogen and oxygen atoms in total. The van der Waals surface area contributed by atoms with E-state index in [1.54, 1.807) is 36.4 Å². The van der Waals surface area contributed by atoms with Gasteiger partial charge < -0.3 is 30.8 Å². The predicted octanol–water partition coefficient (Wildman–Crippen LogP) is 14.7. The Hall–Kier alpha value is -7.60. The van der Waals surface area contributed by atoms with Gasteiger partial charge in [0.25, 0.3) is 0 Å². The molecule has 0 aliphatic rings. The van der Waals surface area contributed by atoms with Crippen LogP contribution in [0.2, 0.25) is 0 Å². The number of phosphoric ester groups is 1. The average Bonchev–Trinajstić information content (AvgIpc) is 3.34. The zero-order valence-electron chi connectivity index (χ0n) is 41.1. The minimum Gasteiger partial charge on any atom is -0.398 e. The minimum atomic E-state index is -4.84. The second kappa shape index (κ2) is 22.7. The Bertz CT molecular complexity index is 3000. The van der Waals surface area contributed by atoms with Crippen LogP contribution in [0.4, 0.5) is 56.6 Å². The highest BCUT2D eigenvalue weighted by molar-refractivity contribution is 7.49. The summed E-state index contributed by atoms with van der Waals surface area (Å²) >= 11 is 0. The van der Waals surface area contributed by atoms with Crippen LogP contribution in [0.25, 0.3) is 0 Å². The maximum absolute atomic E-state index is 15.7. The molecule has 0 fully saturated rings. The van der Waals surface area contributed by atoms with E-state index in [2.05, 4.69) is 35.5 Å². The summed E-state index contributed by atoms with van der Waals surface area (Å²) in [6.45, 7) is 11.2. The number of halogens is 9. The summed E-state index contributed by atoms with van der Waals surface area (Å²) in [6, 6.07) is 18.3. The summed E-state index contributed by atoms with van der Waals surface area (Å²) in [5.41, 5.74) is 20.7. The number of nitrogens with two attached hydrogens (primary N) is 3. The summed E-state index contributed by atoms with van der Waals surface area (Å²) in [4.78, 5) is 0. The third-order valence-corrected chi connectivity index (χ3v) is 13.3. The van der Waals surface area contributed by atoms with E-state index < -0.39 is 43.0 Å². The van der Waals surface area contributed by atoms with Gasteiger partial charge in [0.15, 0.2) is 0 Å². The van der Waals surface area contributed by atoms with Gasteiger partial charge in [-0.25, -0.2) is 0 Å². The topological polar surface area (TPSA) is 123 Å². The molecular weight excluding hydrogens is 993 g/mol. The molecule has 17 heteroatoms. The second-order valence-electron chi connectivity index (χ2n) is 16.7.